The zero-order valence-corrected chi connectivity index (χ0v) is 10.2. The van der Waals surface area contributed by atoms with Gasteiger partial charge in [0.05, 0.1) is 0 Å². The molecular formula is C12H16BrF. The summed E-state index contributed by atoms with van der Waals surface area (Å²) in [5.74, 6) is 0.549. The van der Waals surface area contributed by atoms with Crippen LogP contribution in [0, 0.1) is 11.7 Å². The van der Waals surface area contributed by atoms with Gasteiger partial charge in [-0.05, 0) is 36.5 Å². The van der Waals surface area contributed by atoms with Gasteiger partial charge in [0.1, 0.15) is 5.82 Å². The fourth-order valence-corrected chi connectivity index (χ4v) is 1.89. The number of hydrogen-bond acceptors (Lipinski definition) is 0. The van der Waals surface area contributed by atoms with Gasteiger partial charge in [-0.1, -0.05) is 41.9 Å². The van der Waals surface area contributed by atoms with Gasteiger partial charge >= 0.3 is 0 Å². The number of rotatable bonds is 4. The van der Waals surface area contributed by atoms with Crippen LogP contribution < -0.4 is 0 Å². The molecule has 1 rings (SSSR count). The summed E-state index contributed by atoms with van der Waals surface area (Å²) in [5.41, 5.74) is 1.16. The van der Waals surface area contributed by atoms with Gasteiger partial charge in [0.15, 0.2) is 0 Å². The summed E-state index contributed by atoms with van der Waals surface area (Å²) < 4.78 is 12.6. The lowest BCUT2D eigenvalue weighted by Crippen LogP contribution is -1.94. The fraction of sp³-hybridized carbons (Fsp3) is 0.500. The topological polar surface area (TPSA) is 0 Å². The lowest BCUT2D eigenvalue weighted by Gasteiger charge is -2.11. The van der Waals surface area contributed by atoms with Gasteiger partial charge in [-0.3, -0.25) is 0 Å². The summed E-state index contributed by atoms with van der Waals surface area (Å²) in [6, 6.07) is 6.71. The minimum absolute atomic E-state index is 0.169. The van der Waals surface area contributed by atoms with E-state index in [0.717, 1.165) is 17.9 Å². The third-order valence-corrected chi connectivity index (χ3v) is 3.22. The molecule has 0 spiro atoms. The Labute approximate surface area is 93.7 Å². The predicted molar refractivity (Wildman–Crippen MR) is 62.1 cm³/mol. The number of benzene rings is 1. The first kappa shape index (κ1) is 11.7. The van der Waals surface area contributed by atoms with E-state index in [1.165, 1.54) is 18.6 Å². The SMILES string of the molecule is CC(C)CCC(Br)c1ccc(F)cc1. The maximum Gasteiger partial charge on any atom is 0.123 e. The molecule has 0 amide bonds. The van der Waals surface area contributed by atoms with Crippen molar-refractivity contribution in [2.45, 2.75) is 31.5 Å². The molecule has 0 aliphatic heterocycles. The standard InChI is InChI=1S/C12H16BrF/c1-9(2)3-8-12(13)10-4-6-11(14)7-5-10/h4-7,9,12H,3,8H2,1-2H3. The van der Waals surface area contributed by atoms with Crippen molar-refractivity contribution < 1.29 is 4.39 Å². The van der Waals surface area contributed by atoms with Crippen molar-refractivity contribution in [1.29, 1.82) is 0 Å². The van der Waals surface area contributed by atoms with Gasteiger partial charge in [0, 0.05) is 4.83 Å². The molecule has 0 heterocycles. The smallest absolute Gasteiger partial charge is 0.123 e. The van der Waals surface area contributed by atoms with Crippen molar-refractivity contribution in [2.75, 3.05) is 0 Å². The van der Waals surface area contributed by atoms with Crippen LogP contribution in [-0.4, -0.2) is 0 Å². The molecule has 0 N–H and O–H groups in total. The molecule has 78 valence electrons. The van der Waals surface area contributed by atoms with E-state index in [0.29, 0.717) is 4.83 Å². The molecule has 0 saturated carbocycles. The van der Waals surface area contributed by atoms with E-state index in [1.54, 1.807) is 0 Å². The highest BCUT2D eigenvalue weighted by atomic mass is 79.9. The molecule has 1 aromatic carbocycles. The van der Waals surface area contributed by atoms with Crippen LogP contribution >= 0.6 is 15.9 Å². The molecule has 1 unspecified atom stereocenters. The van der Waals surface area contributed by atoms with Gasteiger partial charge in [-0.2, -0.15) is 0 Å². The van der Waals surface area contributed by atoms with Crippen molar-refractivity contribution in [1.82, 2.24) is 0 Å². The van der Waals surface area contributed by atoms with E-state index in [4.69, 9.17) is 0 Å². The molecule has 2 heteroatoms. The highest BCUT2D eigenvalue weighted by Gasteiger charge is 2.07. The Morgan fingerprint density at radius 2 is 1.71 bits per heavy atom. The van der Waals surface area contributed by atoms with Gasteiger partial charge in [0.25, 0.3) is 0 Å². The monoisotopic (exact) mass is 258 g/mol. The van der Waals surface area contributed by atoms with Crippen LogP contribution in [0.15, 0.2) is 24.3 Å². The van der Waals surface area contributed by atoms with Crippen LogP contribution in [0.2, 0.25) is 0 Å². The Hall–Kier alpha value is -0.370. The molecule has 1 atom stereocenters. The van der Waals surface area contributed by atoms with Crippen LogP contribution in [-0.2, 0) is 0 Å². The highest BCUT2D eigenvalue weighted by molar-refractivity contribution is 9.09. The zero-order valence-electron chi connectivity index (χ0n) is 8.63. The number of hydrogen-bond donors (Lipinski definition) is 0. The highest BCUT2D eigenvalue weighted by Crippen LogP contribution is 2.29. The summed E-state index contributed by atoms with van der Waals surface area (Å²) in [7, 11) is 0. The van der Waals surface area contributed by atoms with Gasteiger partial charge < -0.3 is 0 Å². The molecule has 0 bridgehead atoms. The lowest BCUT2D eigenvalue weighted by molar-refractivity contribution is 0.553. The van der Waals surface area contributed by atoms with Gasteiger partial charge in [-0.15, -0.1) is 0 Å². The average molecular weight is 259 g/mol. The maximum atomic E-state index is 12.6. The van der Waals surface area contributed by atoms with Crippen LogP contribution in [0.3, 0.4) is 0 Å². The molecule has 0 aliphatic rings. The quantitative estimate of drug-likeness (QED) is 0.687. The zero-order chi connectivity index (χ0) is 10.6. The first-order valence-corrected chi connectivity index (χ1v) is 5.90. The summed E-state index contributed by atoms with van der Waals surface area (Å²) in [6.07, 6.45) is 2.29. The minimum atomic E-state index is -0.169. The van der Waals surface area contributed by atoms with Crippen molar-refractivity contribution in [3.8, 4) is 0 Å². The van der Waals surface area contributed by atoms with E-state index in [2.05, 4.69) is 29.8 Å². The maximum absolute atomic E-state index is 12.6. The summed E-state index contributed by atoms with van der Waals surface area (Å²) in [4.78, 5) is 0.352. The molecule has 1 aromatic rings. The van der Waals surface area contributed by atoms with E-state index in [1.807, 2.05) is 12.1 Å². The van der Waals surface area contributed by atoms with Gasteiger partial charge in [0.2, 0.25) is 0 Å². The second kappa shape index (κ2) is 5.50. The fourth-order valence-electron chi connectivity index (χ4n) is 1.32. The Balaban J connectivity index is 2.52. The molecular weight excluding hydrogens is 243 g/mol. The molecule has 0 aromatic heterocycles. The normalized spacial score (nSPS) is 13.2. The average Bonchev–Trinajstić information content (AvgIpc) is 2.15. The van der Waals surface area contributed by atoms with Crippen LogP contribution in [0.25, 0.3) is 0 Å². The molecule has 0 fully saturated rings. The predicted octanol–water partition coefficient (Wildman–Crippen LogP) is 4.70. The number of halogens is 2. The van der Waals surface area contributed by atoms with E-state index < -0.39 is 0 Å². The Bertz CT molecular complexity index is 266. The van der Waals surface area contributed by atoms with Crippen molar-refractivity contribution in [3.63, 3.8) is 0 Å². The second-order valence-corrected chi connectivity index (χ2v) is 5.10. The first-order chi connectivity index (χ1) is 6.59. The van der Waals surface area contributed by atoms with Gasteiger partial charge in [-0.25, -0.2) is 4.39 Å². The van der Waals surface area contributed by atoms with Crippen LogP contribution in [0.1, 0.15) is 37.1 Å². The Kier molecular flexibility index (Phi) is 4.59. The largest absolute Gasteiger partial charge is 0.207 e. The Morgan fingerprint density at radius 1 is 1.14 bits per heavy atom. The molecule has 14 heavy (non-hydrogen) atoms. The van der Waals surface area contributed by atoms with E-state index >= 15 is 0 Å². The minimum Gasteiger partial charge on any atom is -0.207 e. The third kappa shape index (κ3) is 3.79. The summed E-state index contributed by atoms with van der Waals surface area (Å²) in [6.45, 7) is 4.43. The molecule has 0 saturated heterocycles. The number of alkyl halides is 1. The summed E-state index contributed by atoms with van der Waals surface area (Å²) in [5, 5.41) is 0. The van der Waals surface area contributed by atoms with Crippen molar-refractivity contribution >= 4 is 15.9 Å². The van der Waals surface area contributed by atoms with Crippen molar-refractivity contribution in [3.05, 3.63) is 35.6 Å². The first-order valence-electron chi connectivity index (χ1n) is 4.99. The van der Waals surface area contributed by atoms with E-state index in [9.17, 15) is 4.39 Å². The van der Waals surface area contributed by atoms with Crippen LogP contribution in [0.5, 0.6) is 0 Å². The summed E-state index contributed by atoms with van der Waals surface area (Å²) >= 11 is 3.62. The molecule has 0 radical (unpaired) electrons. The van der Waals surface area contributed by atoms with Crippen molar-refractivity contribution in [2.24, 2.45) is 5.92 Å². The third-order valence-electron chi connectivity index (χ3n) is 2.23. The second-order valence-electron chi connectivity index (χ2n) is 3.99. The van der Waals surface area contributed by atoms with E-state index in [-0.39, 0.29) is 5.82 Å². The van der Waals surface area contributed by atoms with Crippen LogP contribution in [0.4, 0.5) is 4.39 Å². The molecule has 0 aliphatic carbocycles. The Morgan fingerprint density at radius 3 is 2.21 bits per heavy atom. The lowest BCUT2D eigenvalue weighted by atomic mass is 10.0. The molecule has 0 nitrogen and oxygen atoms in total.